The standard InChI is InChI=1S/C59H108O6/c1-4-7-10-13-16-19-22-24-26-28-30-32-34-37-40-43-46-49-52-58(61)64-55-56(54-63-57(60)51-48-45-42-39-36-21-18-15-12-9-6-3)65-59(62)53-50-47-44-41-38-35-33-31-29-27-25-23-20-17-14-11-8-5-2/h15,18-19,22,26,28,56H,4-14,16-17,20-21,23-25,27,29-55H2,1-3H3/b18-15-,22-19-,28-26-. The van der Waals surface area contributed by atoms with Gasteiger partial charge in [0.05, 0.1) is 0 Å². The monoisotopic (exact) mass is 913 g/mol. The largest absolute Gasteiger partial charge is 0.462 e. The Bertz CT molecular complexity index is 1090. The van der Waals surface area contributed by atoms with Crippen molar-refractivity contribution in [3.63, 3.8) is 0 Å². The van der Waals surface area contributed by atoms with Gasteiger partial charge in [0.15, 0.2) is 6.10 Å². The van der Waals surface area contributed by atoms with Crippen LogP contribution >= 0.6 is 0 Å². The molecule has 0 spiro atoms. The van der Waals surface area contributed by atoms with Gasteiger partial charge < -0.3 is 14.2 Å². The lowest BCUT2D eigenvalue weighted by Crippen LogP contribution is -2.30. The second-order valence-corrected chi connectivity index (χ2v) is 19.2. The summed E-state index contributed by atoms with van der Waals surface area (Å²) in [6.07, 6.45) is 64.2. The number of ether oxygens (including phenoxy) is 3. The van der Waals surface area contributed by atoms with Crippen LogP contribution < -0.4 is 0 Å². The molecule has 0 heterocycles. The van der Waals surface area contributed by atoms with Crippen LogP contribution in [0.2, 0.25) is 0 Å². The molecule has 0 radical (unpaired) electrons. The maximum atomic E-state index is 12.8. The molecule has 0 aromatic rings. The van der Waals surface area contributed by atoms with E-state index in [4.69, 9.17) is 14.2 Å². The molecule has 0 aromatic heterocycles. The van der Waals surface area contributed by atoms with Crippen LogP contribution in [0, 0.1) is 0 Å². The van der Waals surface area contributed by atoms with E-state index in [1.54, 1.807) is 0 Å². The molecular formula is C59H108O6. The van der Waals surface area contributed by atoms with Gasteiger partial charge in [-0.3, -0.25) is 14.4 Å². The number of hydrogen-bond donors (Lipinski definition) is 0. The van der Waals surface area contributed by atoms with Crippen LogP contribution in [0.3, 0.4) is 0 Å². The van der Waals surface area contributed by atoms with Crippen LogP contribution in [-0.2, 0) is 28.6 Å². The predicted molar refractivity (Wildman–Crippen MR) is 279 cm³/mol. The number of rotatable bonds is 52. The fourth-order valence-corrected chi connectivity index (χ4v) is 8.28. The molecule has 6 nitrogen and oxygen atoms in total. The Labute approximate surface area is 404 Å². The quantitative estimate of drug-likeness (QED) is 0.0262. The van der Waals surface area contributed by atoms with Crippen LogP contribution in [0.15, 0.2) is 36.5 Å². The second kappa shape index (κ2) is 54.2. The third-order valence-corrected chi connectivity index (χ3v) is 12.6. The van der Waals surface area contributed by atoms with E-state index >= 15 is 0 Å². The minimum absolute atomic E-state index is 0.0757. The smallest absolute Gasteiger partial charge is 0.306 e. The number of carbonyl (C=O) groups is 3. The fourth-order valence-electron chi connectivity index (χ4n) is 8.28. The summed E-state index contributed by atoms with van der Waals surface area (Å²) in [6.45, 7) is 6.61. The Hall–Kier alpha value is -2.37. The normalized spacial score (nSPS) is 12.2. The lowest BCUT2D eigenvalue weighted by molar-refractivity contribution is -0.167. The molecule has 0 saturated heterocycles. The van der Waals surface area contributed by atoms with Gasteiger partial charge in [-0.25, -0.2) is 0 Å². The summed E-state index contributed by atoms with van der Waals surface area (Å²) in [5, 5.41) is 0. The third-order valence-electron chi connectivity index (χ3n) is 12.6. The highest BCUT2D eigenvalue weighted by Gasteiger charge is 2.19. The van der Waals surface area contributed by atoms with Crippen LogP contribution in [0.5, 0.6) is 0 Å². The average molecular weight is 914 g/mol. The lowest BCUT2D eigenvalue weighted by Gasteiger charge is -2.18. The number of carbonyl (C=O) groups excluding carboxylic acids is 3. The van der Waals surface area contributed by atoms with Crippen LogP contribution in [-0.4, -0.2) is 37.2 Å². The zero-order valence-electron chi connectivity index (χ0n) is 43.5. The predicted octanol–water partition coefficient (Wildman–Crippen LogP) is 18.9. The minimum Gasteiger partial charge on any atom is -0.462 e. The SMILES string of the molecule is CCCC/C=C\CCCCCCCC(=O)OCC(COC(=O)CCCCCCCCC/C=C\C/C=C\CCCCCC)OC(=O)CCCCCCCCCCCCCCCCCCCC. The van der Waals surface area contributed by atoms with Crippen molar-refractivity contribution in [3.05, 3.63) is 36.5 Å². The second-order valence-electron chi connectivity index (χ2n) is 19.2. The molecule has 0 aliphatic heterocycles. The Morgan fingerprint density at radius 1 is 0.308 bits per heavy atom. The molecule has 1 unspecified atom stereocenters. The number of esters is 3. The number of allylic oxidation sites excluding steroid dienone is 6. The van der Waals surface area contributed by atoms with Gasteiger partial charge in [0.25, 0.3) is 0 Å². The maximum Gasteiger partial charge on any atom is 0.306 e. The first-order valence-corrected chi connectivity index (χ1v) is 28.5. The van der Waals surface area contributed by atoms with E-state index < -0.39 is 6.10 Å². The van der Waals surface area contributed by atoms with Crippen molar-refractivity contribution in [1.82, 2.24) is 0 Å². The van der Waals surface area contributed by atoms with Gasteiger partial charge in [-0.15, -0.1) is 0 Å². The summed E-state index contributed by atoms with van der Waals surface area (Å²) < 4.78 is 16.8. The summed E-state index contributed by atoms with van der Waals surface area (Å²) in [4.78, 5) is 38.1. The number of unbranched alkanes of at least 4 members (excludes halogenated alkanes) is 35. The highest BCUT2D eigenvalue weighted by Crippen LogP contribution is 2.16. The van der Waals surface area contributed by atoms with E-state index in [2.05, 4.69) is 57.2 Å². The van der Waals surface area contributed by atoms with Crippen molar-refractivity contribution >= 4 is 17.9 Å². The average Bonchev–Trinajstić information content (AvgIpc) is 3.30. The van der Waals surface area contributed by atoms with E-state index in [1.807, 2.05) is 0 Å². The summed E-state index contributed by atoms with van der Waals surface area (Å²) in [6, 6.07) is 0. The summed E-state index contributed by atoms with van der Waals surface area (Å²) in [5.74, 6) is -0.877. The first-order chi connectivity index (χ1) is 32.0. The summed E-state index contributed by atoms with van der Waals surface area (Å²) in [7, 11) is 0. The van der Waals surface area contributed by atoms with Crippen molar-refractivity contribution in [1.29, 1.82) is 0 Å². The molecule has 0 saturated carbocycles. The van der Waals surface area contributed by atoms with Gasteiger partial charge in [-0.1, -0.05) is 250 Å². The van der Waals surface area contributed by atoms with Gasteiger partial charge in [0, 0.05) is 19.3 Å². The van der Waals surface area contributed by atoms with Crippen molar-refractivity contribution in [2.45, 2.75) is 309 Å². The molecule has 1 atom stereocenters. The minimum atomic E-state index is -0.775. The molecular weight excluding hydrogens is 805 g/mol. The molecule has 0 fully saturated rings. The topological polar surface area (TPSA) is 78.9 Å². The summed E-state index contributed by atoms with van der Waals surface area (Å²) >= 11 is 0. The Balaban J connectivity index is 4.31. The maximum absolute atomic E-state index is 12.8. The molecule has 65 heavy (non-hydrogen) atoms. The molecule has 0 rings (SSSR count). The molecule has 0 aliphatic rings. The first kappa shape index (κ1) is 62.6. The Morgan fingerprint density at radius 3 is 0.923 bits per heavy atom. The Morgan fingerprint density at radius 2 is 0.569 bits per heavy atom. The zero-order valence-corrected chi connectivity index (χ0v) is 43.5. The van der Waals surface area contributed by atoms with Gasteiger partial charge in [0.2, 0.25) is 0 Å². The van der Waals surface area contributed by atoms with Crippen LogP contribution in [0.1, 0.15) is 303 Å². The van der Waals surface area contributed by atoms with Crippen LogP contribution in [0.4, 0.5) is 0 Å². The van der Waals surface area contributed by atoms with Crippen molar-refractivity contribution < 1.29 is 28.6 Å². The van der Waals surface area contributed by atoms with Crippen molar-refractivity contribution in [2.24, 2.45) is 0 Å². The summed E-state index contributed by atoms with van der Waals surface area (Å²) in [5.41, 5.74) is 0. The van der Waals surface area contributed by atoms with Crippen molar-refractivity contribution in [3.8, 4) is 0 Å². The molecule has 0 N–H and O–H groups in total. The van der Waals surface area contributed by atoms with Gasteiger partial charge >= 0.3 is 17.9 Å². The van der Waals surface area contributed by atoms with E-state index in [1.165, 1.54) is 186 Å². The molecule has 380 valence electrons. The van der Waals surface area contributed by atoms with Crippen molar-refractivity contribution in [2.75, 3.05) is 13.2 Å². The van der Waals surface area contributed by atoms with Gasteiger partial charge in [0.1, 0.15) is 13.2 Å². The zero-order chi connectivity index (χ0) is 47.2. The first-order valence-electron chi connectivity index (χ1n) is 28.5. The molecule has 0 amide bonds. The molecule has 0 bridgehead atoms. The van der Waals surface area contributed by atoms with E-state index in [0.717, 1.165) is 77.0 Å². The number of hydrogen-bond acceptors (Lipinski definition) is 6. The Kier molecular flexibility index (Phi) is 52.3. The molecule has 6 heteroatoms. The van der Waals surface area contributed by atoms with Gasteiger partial charge in [-0.2, -0.15) is 0 Å². The fraction of sp³-hybridized carbons (Fsp3) is 0.847. The highest BCUT2D eigenvalue weighted by atomic mass is 16.6. The lowest BCUT2D eigenvalue weighted by atomic mass is 10.0. The van der Waals surface area contributed by atoms with E-state index in [0.29, 0.717) is 19.3 Å². The van der Waals surface area contributed by atoms with E-state index in [9.17, 15) is 14.4 Å². The van der Waals surface area contributed by atoms with Gasteiger partial charge in [-0.05, 0) is 70.6 Å². The van der Waals surface area contributed by atoms with Crippen LogP contribution in [0.25, 0.3) is 0 Å². The molecule has 0 aromatic carbocycles. The van der Waals surface area contributed by atoms with E-state index in [-0.39, 0.29) is 31.1 Å². The third kappa shape index (κ3) is 52.5. The molecule has 0 aliphatic carbocycles. The highest BCUT2D eigenvalue weighted by molar-refractivity contribution is 5.71.